The summed E-state index contributed by atoms with van der Waals surface area (Å²) in [6, 6.07) is 3.89. The Morgan fingerprint density at radius 1 is 1.28 bits per heavy atom. The number of rotatable bonds is 5. The Morgan fingerprint density at radius 2 is 1.89 bits per heavy atom. The van der Waals surface area contributed by atoms with Crippen LogP contribution in [-0.4, -0.2) is 38.0 Å². The van der Waals surface area contributed by atoms with Gasteiger partial charge in [-0.05, 0) is 36.6 Å². The average Bonchev–Trinajstić information content (AvgIpc) is 2.36. The number of ether oxygens (including phenoxy) is 2. The lowest BCUT2D eigenvalue weighted by atomic mass is 10.1. The first-order valence-corrected chi connectivity index (χ1v) is 6.09. The highest BCUT2D eigenvalue weighted by Crippen LogP contribution is 2.28. The molecule has 0 saturated heterocycles. The highest BCUT2D eigenvalue weighted by Gasteiger charge is 2.10. The first-order valence-electron chi connectivity index (χ1n) is 5.65. The first-order chi connectivity index (χ1) is 8.49. The molecule has 0 aliphatic rings. The van der Waals surface area contributed by atoms with Crippen molar-refractivity contribution < 1.29 is 14.3 Å². The van der Waals surface area contributed by atoms with E-state index >= 15 is 0 Å². The van der Waals surface area contributed by atoms with Crippen molar-refractivity contribution in [2.45, 2.75) is 13.3 Å². The van der Waals surface area contributed by atoms with Crippen molar-refractivity contribution in [3.05, 3.63) is 23.3 Å². The van der Waals surface area contributed by atoms with Gasteiger partial charge < -0.3 is 14.4 Å². The zero-order chi connectivity index (χ0) is 13.7. The number of likely N-dealkylation sites (N-methyl/N-ethyl adjacent to an activating group) is 1. The van der Waals surface area contributed by atoms with Gasteiger partial charge in [0.05, 0.1) is 14.2 Å². The molecule has 0 N–H and O–H groups in total. The van der Waals surface area contributed by atoms with Gasteiger partial charge in [0, 0.05) is 13.6 Å². The lowest BCUT2D eigenvalue weighted by Crippen LogP contribution is -2.23. The topological polar surface area (TPSA) is 38.8 Å². The van der Waals surface area contributed by atoms with E-state index in [2.05, 4.69) is 12.6 Å². The van der Waals surface area contributed by atoms with Gasteiger partial charge in [0.15, 0.2) is 0 Å². The second-order valence-corrected chi connectivity index (χ2v) is 4.47. The van der Waals surface area contributed by atoms with Crippen molar-refractivity contribution in [3.8, 4) is 11.5 Å². The van der Waals surface area contributed by atoms with Crippen LogP contribution in [0, 0.1) is 6.92 Å². The van der Waals surface area contributed by atoms with Crippen molar-refractivity contribution in [3.63, 3.8) is 0 Å². The van der Waals surface area contributed by atoms with E-state index in [4.69, 9.17) is 9.47 Å². The van der Waals surface area contributed by atoms with Crippen LogP contribution in [0.15, 0.2) is 12.1 Å². The summed E-state index contributed by atoms with van der Waals surface area (Å²) < 4.78 is 10.6. The Hall–Kier alpha value is -1.36. The second-order valence-electron chi connectivity index (χ2n) is 4.09. The van der Waals surface area contributed by atoms with Crippen molar-refractivity contribution >= 4 is 17.9 Å². The van der Waals surface area contributed by atoms with E-state index in [-0.39, 0.29) is 5.24 Å². The second kappa shape index (κ2) is 6.54. The Bertz CT molecular complexity index is 434. The number of methoxy groups -OCH3 is 2. The molecule has 0 radical (unpaired) electrons. The van der Waals surface area contributed by atoms with Crippen LogP contribution in [0.3, 0.4) is 0 Å². The van der Waals surface area contributed by atoms with Gasteiger partial charge in [-0.25, -0.2) is 0 Å². The standard InChI is InChI=1S/C13H19NO3S/c1-9-7-12(17-4)10(8-11(9)16-3)5-6-14(2)13(15)18/h7-8H,5-6H2,1-4H3,(H,15,18). The zero-order valence-electron chi connectivity index (χ0n) is 11.2. The van der Waals surface area contributed by atoms with Crippen LogP contribution in [0.1, 0.15) is 11.1 Å². The Labute approximate surface area is 113 Å². The molecule has 0 atom stereocenters. The summed E-state index contributed by atoms with van der Waals surface area (Å²) in [5.41, 5.74) is 2.04. The predicted octanol–water partition coefficient (Wildman–Crippen LogP) is 2.54. The lowest BCUT2D eigenvalue weighted by molar-refractivity contribution is 0.234. The summed E-state index contributed by atoms with van der Waals surface area (Å²) in [4.78, 5) is 12.6. The minimum absolute atomic E-state index is 0.243. The number of hydrogen-bond acceptors (Lipinski definition) is 3. The molecular formula is C13H19NO3S. The summed E-state index contributed by atoms with van der Waals surface area (Å²) in [6.45, 7) is 2.55. The molecule has 5 heteroatoms. The number of hydrogen-bond donors (Lipinski definition) is 1. The third-order valence-electron chi connectivity index (χ3n) is 2.84. The zero-order valence-corrected chi connectivity index (χ0v) is 12.1. The van der Waals surface area contributed by atoms with Gasteiger partial charge in [-0.15, -0.1) is 0 Å². The van der Waals surface area contributed by atoms with E-state index in [0.717, 1.165) is 22.6 Å². The monoisotopic (exact) mass is 269 g/mol. The minimum atomic E-state index is -0.243. The van der Waals surface area contributed by atoms with Gasteiger partial charge >= 0.3 is 0 Å². The van der Waals surface area contributed by atoms with Gasteiger partial charge in [-0.1, -0.05) is 12.6 Å². The molecule has 0 heterocycles. The van der Waals surface area contributed by atoms with Crippen LogP contribution in [0.5, 0.6) is 11.5 Å². The van der Waals surface area contributed by atoms with Crippen molar-refractivity contribution in [1.29, 1.82) is 0 Å². The van der Waals surface area contributed by atoms with Gasteiger partial charge in [0.2, 0.25) is 0 Å². The molecule has 1 amide bonds. The molecule has 0 unspecified atom stereocenters. The molecule has 100 valence electrons. The summed E-state index contributed by atoms with van der Waals surface area (Å²) in [5, 5.41) is -0.243. The Balaban J connectivity index is 2.89. The number of carbonyl (C=O) groups is 1. The van der Waals surface area contributed by atoms with Crippen molar-refractivity contribution in [1.82, 2.24) is 4.90 Å². The maximum atomic E-state index is 11.0. The summed E-state index contributed by atoms with van der Waals surface area (Å²) in [5.74, 6) is 1.64. The lowest BCUT2D eigenvalue weighted by Gasteiger charge is -2.17. The molecule has 0 aliphatic carbocycles. The molecule has 0 fully saturated rings. The molecule has 1 aromatic rings. The van der Waals surface area contributed by atoms with Gasteiger partial charge in [-0.3, -0.25) is 4.79 Å². The molecule has 0 aliphatic heterocycles. The molecule has 0 saturated carbocycles. The fourth-order valence-corrected chi connectivity index (χ4v) is 1.79. The van der Waals surface area contributed by atoms with Crippen molar-refractivity contribution in [2.24, 2.45) is 0 Å². The first kappa shape index (κ1) is 14.7. The molecule has 0 spiro atoms. The molecule has 1 aromatic carbocycles. The number of amides is 1. The maximum Gasteiger partial charge on any atom is 0.278 e. The van der Waals surface area contributed by atoms with Crippen molar-refractivity contribution in [2.75, 3.05) is 27.8 Å². The van der Waals surface area contributed by atoms with Gasteiger partial charge in [-0.2, -0.15) is 0 Å². The van der Waals surface area contributed by atoms with Crippen LogP contribution in [0.2, 0.25) is 0 Å². The smallest absolute Gasteiger partial charge is 0.278 e. The molecular weight excluding hydrogens is 250 g/mol. The van der Waals surface area contributed by atoms with E-state index < -0.39 is 0 Å². The van der Waals surface area contributed by atoms with Gasteiger partial charge in [0.1, 0.15) is 11.5 Å². The van der Waals surface area contributed by atoms with Crippen LogP contribution < -0.4 is 9.47 Å². The van der Waals surface area contributed by atoms with Gasteiger partial charge in [0.25, 0.3) is 5.24 Å². The predicted molar refractivity (Wildman–Crippen MR) is 75.0 cm³/mol. The van der Waals surface area contributed by atoms with Crippen LogP contribution in [0.4, 0.5) is 4.79 Å². The summed E-state index contributed by atoms with van der Waals surface area (Å²) in [7, 11) is 4.99. The highest BCUT2D eigenvalue weighted by molar-refractivity contribution is 7.96. The van der Waals surface area contributed by atoms with Crippen LogP contribution in [-0.2, 0) is 6.42 Å². The number of benzene rings is 1. The minimum Gasteiger partial charge on any atom is -0.496 e. The van der Waals surface area contributed by atoms with E-state index in [1.54, 1.807) is 26.2 Å². The summed E-state index contributed by atoms with van der Waals surface area (Å²) >= 11 is 3.77. The van der Waals surface area contributed by atoms with E-state index in [1.165, 1.54) is 0 Å². The fourth-order valence-electron chi connectivity index (χ4n) is 1.69. The largest absolute Gasteiger partial charge is 0.496 e. The molecule has 0 bridgehead atoms. The quantitative estimate of drug-likeness (QED) is 0.835. The van der Waals surface area contributed by atoms with E-state index in [0.29, 0.717) is 13.0 Å². The maximum absolute atomic E-state index is 11.0. The molecule has 0 aromatic heterocycles. The third-order valence-corrected chi connectivity index (χ3v) is 3.18. The SMILES string of the molecule is COc1cc(CCN(C)C(=O)S)c(OC)cc1C. The normalized spacial score (nSPS) is 10.1. The Morgan fingerprint density at radius 3 is 2.39 bits per heavy atom. The molecule has 1 rings (SSSR count). The molecule has 18 heavy (non-hydrogen) atoms. The summed E-state index contributed by atoms with van der Waals surface area (Å²) in [6.07, 6.45) is 0.697. The van der Waals surface area contributed by atoms with Crippen LogP contribution in [0.25, 0.3) is 0 Å². The number of nitrogens with zero attached hydrogens (tertiary/aromatic N) is 1. The van der Waals surface area contributed by atoms with Crippen LogP contribution >= 0.6 is 12.6 Å². The average molecular weight is 269 g/mol. The number of aryl methyl sites for hydroxylation is 1. The highest BCUT2D eigenvalue weighted by atomic mass is 32.1. The third kappa shape index (κ3) is 3.57. The number of carbonyl (C=O) groups excluding carboxylic acids is 1. The Kier molecular flexibility index (Phi) is 5.34. The van der Waals surface area contributed by atoms with E-state index in [9.17, 15) is 4.79 Å². The fraction of sp³-hybridized carbons (Fsp3) is 0.462. The molecule has 4 nitrogen and oxygen atoms in total. The number of thiol groups is 1. The van der Waals surface area contributed by atoms with E-state index in [1.807, 2.05) is 19.1 Å².